The highest BCUT2D eigenvalue weighted by Gasteiger charge is 2.20. The van der Waals surface area contributed by atoms with Gasteiger partial charge in [-0.2, -0.15) is 0 Å². The number of fused-ring (bicyclic) bond motifs is 1. The maximum Gasteiger partial charge on any atom is 0.187 e. The maximum absolute atomic E-state index is 9.47. The van der Waals surface area contributed by atoms with Crippen molar-refractivity contribution < 1.29 is 5.11 Å². The van der Waals surface area contributed by atoms with Crippen LogP contribution in [0.1, 0.15) is 37.6 Å². The van der Waals surface area contributed by atoms with Crippen LogP contribution in [-0.2, 0) is 0 Å². The second-order valence-corrected chi connectivity index (χ2v) is 3.33. The van der Waals surface area contributed by atoms with Crippen LogP contribution in [0.3, 0.4) is 0 Å². The van der Waals surface area contributed by atoms with E-state index in [1.807, 2.05) is 24.6 Å². The summed E-state index contributed by atoms with van der Waals surface area (Å²) < 4.78 is 1.81. The SMILES string of the molecule is CC(C)c1nnc2n1C=CNC2O. The third-order valence-electron chi connectivity index (χ3n) is 1.99. The molecule has 13 heavy (non-hydrogen) atoms. The molecule has 70 valence electrons. The lowest BCUT2D eigenvalue weighted by Gasteiger charge is -2.16. The third-order valence-corrected chi connectivity index (χ3v) is 1.99. The van der Waals surface area contributed by atoms with Crippen molar-refractivity contribution in [2.45, 2.75) is 26.0 Å². The number of hydrogen-bond acceptors (Lipinski definition) is 4. The van der Waals surface area contributed by atoms with Crippen molar-refractivity contribution in [2.75, 3.05) is 0 Å². The van der Waals surface area contributed by atoms with E-state index in [0.717, 1.165) is 5.82 Å². The van der Waals surface area contributed by atoms with Gasteiger partial charge >= 0.3 is 0 Å². The third kappa shape index (κ3) is 1.21. The van der Waals surface area contributed by atoms with E-state index in [9.17, 15) is 5.11 Å². The predicted octanol–water partition coefficient (Wildman–Crippen LogP) is 0.424. The van der Waals surface area contributed by atoms with Crippen LogP contribution in [0.2, 0.25) is 0 Å². The number of aromatic nitrogens is 3. The number of aliphatic hydroxyl groups excluding tert-OH is 1. The molecule has 0 bridgehead atoms. The molecule has 0 fully saturated rings. The molecule has 0 spiro atoms. The molecule has 0 amide bonds. The summed E-state index contributed by atoms with van der Waals surface area (Å²) in [6.07, 6.45) is 2.76. The molecule has 1 aromatic heterocycles. The van der Waals surface area contributed by atoms with Crippen molar-refractivity contribution in [1.29, 1.82) is 0 Å². The average Bonchev–Trinajstić information content (AvgIpc) is 2.48. The van der Waals surface area contributed by atoms with Crippen molar-refractivity contribution in [3.05, 3.63) is 17.8 Å². The molecular formula is C8H12N4O. The molecule has 5 nitrogen and oxygen atoms in total. The fourth-order valence-electron chi connectivity index (χ4n) is 1.33. The maximum atomic E-state index is 9.47. The summed E-state index contributed by atoms with van der Waals surface area (Å²) in [6.45, 7) is 4.08. The number of aliphatic hydroxyl groups is 1. The van der Waals surface area contributed by atoms with Gasteiger partial charge in [0.1, 0.15) is 5.82 Å². The van der Waals surface area contributed by atoms with Crippen molar-refractivity contribution in [2.24, 2.45) is 0 Å². The van der Waals surface area contributed by atoms with Crippen LogP contribution in [-0.4, -0.2) is 19.9 Å². The van der Waals surface area contributed by atoms with E-state index in [0.29, 0.717) is 11.7 Å². The van der Waals surface area contributed by atoms with Gasteiger partial charge in [-0.25, -0.2) is 0 Å². The zero-order valence-corrected chi connectivity index (χ0v) is 7.60. The van der Waals surface area contributed by atoms with Crippen molar-refractivity contribution in [1.82, 2.24) is 20.1 Å². The Kier molecular flexibility index (Phi) is 1.81. The lowest BCUT2D eigenvalue weighted by molar-refractivity contribution is 0.141. The van der Waals surface area contributed by atoms with Crippen LogP contribution in [0.25, 0.3) is 6.20 Å². The van der Waals surface area contributed by atoms with E-state index >= 15 is 0 Å². The van der Waals surface area contributed by atoms with Gasteiger partial charge in [-0.15, -0.1) is 10.2 Å². The van der Waals surface area contributed by atoms with E-state index in [1.54, 1.807) is 6.20 Å². The summed E-state index contributed by atoms with van der Waals surface area (Å²) in [5, 5.41) is 20.1. The van der Waals surface area contributed by atoms with Gasteiger partial charge in [0, 0.05) is 18.3 Å². The lowest BCUT2D eigenvalue weighted by atomic mass is 10.2. The molecule has 1 unspecified atom stereocenters. The van der Waals surface area contributed by atoms with E-state index in [2.05, 4.69) is 15.5 Å². The molecule has 2 N–H and O–H groups in total. The average molecular weight is 180 g/mol. The largest absolute Gasteiger partial charge is 0.367 e. The highest BCUT2D eigenvalue weighted by atomic mass is 16.3. The minimum Gasteiger partial charge on any atom is -0.367 e. The van der Waals surface area contributed by atoms with Crippen molar-refractivity contribution in [3.8, 4) is 0 Å². The monoisotopic (exact) mass is 180 g/mol. The molecule has 0 aliphatic carbocycles. The lowest BCUT2D eigenvalue weighted by Crippen LogP contribution is -2.22. The van der Waals surface area contributed by atoms with Gasteiger partial charge in [0.15, 0.2) is 12.1 Å². The Bertz CT molecular complexity index is 342. The Balaban J connectivity index is 2.49. The zero-order valence-electron chi connectivity index (χ0n) is 7.60. The Hall–Kier alpha value is -1.36. The Morgan fingerprint density at radius 3 is 3.00 bits per heavy atom. The molecule has 2 heterocycles. The highest BCUT2D eigenvalue weighted by molar-refractivity contribution is 5.30. The quantitative estimate of drug-likeness (QED) is 0.657. The molecule has 1 aliphatic rings. The van der Waals surface area contributed by atoms with Crippen LogP contribution in [0.15, 0.2) is 6.20 Å². The van der Waals surface area contributed by atoms with Crippen LogP contribution in [0, 0.1) is 0 Å². The van der Waals surface area contributed by atoms with E-state index < -0.39 is 6.23 Å². The summed E-state index contributed by atoms with van der Waals surface area (Å²) >= 11 is 0. The smallest absolute Gasteiger partial charge is 0.187 e. The molecule has 0 saturated heterocycles. The van der Waals surface area contributed by atoms with Crippen molar-refractivity contribution in [3.63, 3.8) is 0 Å². The van der Waals surface area contributed by atoms with Gasteiger partial charge < -0.3 is 10.4 Å². The summed E-state index contributed by atoms with van der Waals surface area (Å²) in [5.74, 6) is 1.72. The van der Waals surface area contributed by atoms with Gasteiger partial charge in [0.25, 0.3) is 0 Å². The molecule has 2 rings (SSSR count). The Morgan fingerprint density at radius 1 is 1.54 bits per heavy atom. The fourth-order valence-corrected chi connectivity index (χ4v) is 1.33. The highest BCUT2D eigenvalue weighted by Crippen LogP contribution is 2.19. The molecule has 0 saturated carbocycles. The molecule has 1 atom stereocenters. The minimum atomic E-state index is -0.745. The van der Waals surface area contributed by atoms with Crippen LogP contribution < -0.4 is 5.32 Å². The molecule has 5 heteroatoms. The topological polar surface area (TPSA) is 63.0 Å². The van der Waals surface area contributed by atoms with Gasteiger partial charge in [0.05, 0.1) is 0 Å². The first-order valence-corrected chi connectivity index (χ1v) is 4.25. The molecule has 0 aromatic carbocycles. The summed E-state index contributed by atoms with van der Waals surface area (Å²) in [5.41, 5.74) is 0. The van der Waals surface area contributed by atoms with Gasteiger partial charge in [0.2, 0.25) is 0 Å². The number of hydrogen-bond donors (Lipinski definition) is 2. The molecule has 1 aliphatic heterocycles. The summed E-state index contributed by atoms with van der Waals surface area (Å²) in [7, 11) is 0. The molecular weight excluding hydrogens is 168 g/mol. The molecule has 1 aromatic rings. The summed E-state index contributed by atoms with van der Waals surface area (Å²) in [6, 6.07) is 0. The fraction of sp³-hybridized carbons (Fsp3) is 0.500. The number of nitrogens with zero attached hydrogens (tertiary/aromatic N) is 3. The van der Waals surface area contributed by atoms with Crippen molar-refractivity contribution >= 4 is 6.20 Å². The standard InChI is InChI=1S/C8H12N4O/c1-5(2)6-10-11-7-8(13)9-3-4-12(6)7/h3-5,8-9,13H,1-2H3. The van der Waals surface area contributed by atoms with Crippen LogP contribution in [0.4, 0.5) is 0 Å². The first-order valence-electron chi connectivity index (χ1n) is 4.25. The van der Waals surface area contributed by atoms with E-state index in [4.69, 9.17) is 0 Å². The van der Waals surface area contributed by atoms with Gasteiger partial charge in [-0.05, 0) is 0 Å². The predicted molar refractivity (Wildman–Crippen MR) is 47.5 cm³/mol. The first kappa shape index (κ1) is 8.25. The number of rotatable bonds is 1. The second kappa shape index (κ2) is 2.85. The van der Waals surface area contributed by atoms with Crippen LogP contribution in [0.5, 0.6) is 0 Å². The Morgan fingerprint density at radius 2 is 2.31 bits per heavy atom. The number of nitrogens with one attached hydrogen (secondary N) is 1. The second-order valence-electron chi connectivity index (χ2n) is 3.33. The van der Waals surface area contributed by atoms with E-state index in [1.165, 1.54) is 0 Å². The Labute approximate surface area is 76.1 Å². The first-order chi connectivity index (χ1) is 6.20. The normalized spacial score (nSPS) is 20.2. The van der Waals surface area contributed by atoms with Gasteiger partial charge in [-0.3, -0.25) is 4.57 Å². The minimum absolute atomic E-state index is 0.302. The van der Waals surface area contributed by atoms with E-state index in [-0.39, 0.29) is 0 Å². The van der Waals surface area contributed by atoms with Crippen LogP contribution >= 0.6 is 0 Å². The zero-order chi connectivity index (χ0) is 9.42. The van der Waals surface area contributed by atoms with Gasteiger partial charge in [-0.1, -0.05) is 13.8 Å². The molecule has 0 radical (unpaired) electrons. The summed E-state index contributed by atoms with van der Waals surface area (Å²) in [4.78, 5) is 0.